The van der Waals surface area contributed by atoms with Crippen LogP contribution in [-0.4, -0.2) is 61.7 Å². The van der Waals surface area contributed by atoms with Crippen LogP contribution in [-0.2, 0) is 19.6 Å². The Morgan fingerprint density at radius 3 is 2.73 bits per heavy atom. The molecule has 2 aliphatic heterocycles. The maximum Gasteiger partial charge on any atom is 0.225 e. The van der Waals surface area contributed by atoms with Gasteiger partial charge >= 0.3 is 0 Å². The Balaban J connectivity index is 1.38. The number of sulfonamides is 1. The van der Waals surface area contributed by atoms with Gasteiger partial charge in [0.15, 0.2) is 0 Å². The van der Waals surface area contributed by atoms with Crippen molar-refractivity contribution in [3.05, 3.63) is 41.6 Å². The molecule has 202 valence electrons. The zero-order chi connectivity index (χ0) is 26.4. The molecule has 0 saturated carbocycles. The van der Waals surface area contributed by atoms with Gasteiger partial charge in [-0.3, -0.25) is 4.79 Å². The number of ether oxygens (including phenoxy) is 1. The number of aromatic nitrogens is 1. The summed E-state index contributed by atoms with van der Waals surface area (Å²) in [7, 11) is -3.32. The zero-order valence-corrected chi connectivity index (χ0v) is 23.2. The molecule has 2 aromatic rings. The normalized spacial score (nSPS) is 19.6. The van der Waals surface area contributed by atoms with Crippen LogP contribution in [0.3, 0.4) is 0 Å². The molecular weight excluding hydrogens is 512 g/mol. The lowest BCUT2D eigenvalue weighted by atomic mass is 9.96. The Labute approximate surface area is 225 Å². The lowest BCUT2D eigenvalue weighted by molar-refractivity contribution is -0.117. The molecule has 2 fully saturated rings. The number of carbonyl (C=O) groups is 1. The summed E-state index contributed by atoms with van der Waals surface area (Å²) >= 11 is 6.49. The number of rotatable bonds is 9. The molecule has 1 atom stereocenters. The fraction of sp³-hybridized carbons (Fsp3) is 0.556. The molecule has 1 unspecified atom stereocenters. The van der Waals surface area contributed by atoms with Gasteiger partial charge in [-0.25, -0.2) is 17.7 Å². The maximum atomic E-state index is 12.8. The molecule has 1 aromatic carbocycles. The van der Waals surface area contributed by atoms with E-state index in [9.17, 15) is 13.2 Å². The number of hydrogen-bond acceptors (Lipinski definition) is 6. The van der Waals surface area contributed by atoms with Gasteiger partial charge in [0.1, 0.15) is 5.82 Å². The highest BCUT2D eigenvalue weighted by Gasteiger charge is 2.31. The van der Waals surface area contributed by atoms with Crippen molar-refractivity contribution in [2.75, 3.05) is 43.5 Å². The van der Waals surface area contributed by atoms with Crippen LogP contribution in [0.25, 0.3) is 11.1 Å². The number of benzene rings is 1. The molecular formula is C27H37ClN4O4S. The maximum absolute atomic E-state index is 12.8. The van der Waals surface area contributed by atoms with E-state index in [4.69, 9.17) is 16.3 Å². The molecule has 2 aliphatic rings. The molecule has 37 heavy (non-hydrogen) atoms. The molecule has 0 radical (unpaired) electrons. The first-order valence-corrected chi connectivity index (χ1v) is 15.0. The standard InChI is InChI=1S/C27H37ClN4O4S/c1-19(2)37(34,35)32-10-4-5-21(18-32)13-27(33)31-26-15-24(25(28)17-30-26)22-6-3-7-23(14-22)29-16-20-8-11-36-12-9-20/h3,6-7,14-15,17,19-21,29H,4-5,8-13,16,18H2,1-2H3,(H,30,31,33). The third kappa shape index (κ3) is 7.44. The van der Waals surface area contributed by atoms with Gasteiger partial charge in [0, 0.05) is 56.7 Å². The highest BCUT2D eigenvalue weighted by atomic mass is 35.5. The van der Waals surface area contributed by atoms with Crippen molar-refractivity contribution in [1.82, 2.24) is 9.29 Å². The lowest BCUT2D eigenvalue weighted by Gasteiger charge is -2.32. The molecule has 2 N–H and O–H groups in total. The summed E-state index contributed by atoms with van der Waals surface area (Å²) in [6.45, 7) is 6.81. The first kappa shape index (κ1) is 27.8. The van der Waals surface area contributed by atoms with Gasteiger partial charge in [-0.1, -0.05) is 23.7 Å². The molecule has 3 heterocycles. The minimum Gasteiger partial charge on any atom is -0.385 e. The highest BCUT2D eigenvalue weighted by molar-refractivity contribution is 7.89. The summed E-state index contributed by atoms with van der Waals surface area (Å²) < 4.78 is 32.1. The van der Waals surface area contributed by atoms with E-state index in [0.717, 1.165) is 62.3 Å². The van der Waals surface area contributed by atoms with Crippen molar-refractivity contribution < 1.29 is 17.9 Å². The van der Waals surface area contributed by atoms with Crippen LogP contribution >= 0.6 is 11.6 Å². The number of hydrogen-bond donors (Lipinski definition) is 2. The van der Waals surface area contributed by atoms with Gasteiger partial charge in [0.25, 0.3) is 0 Å². The summed E-state index contributed by atoms with van der Waals surface area (Å²) in [6, 6.07) is 9.84. The molecule has 4 rings (SSSR count). The third-order valence-corrected chi connectivity index (χ3v) is 9.69. The predicted molar refractivity (Wildman–Crippen MR) is 148 cm³/mol. The summed E-state index contributed by atoms with van der Waals surface area (Å²) in [4.78, 5) is 17.1. The third-order valence-electron chi connectivity index (χ3n) is 7.14. The Bertz CT molecular complexity index is 1180. The van der Waals surface area contributed by atoms with Gasteiger partial charge < -0.3 is 15.4 Å². The average molecular weight is 549 g/mol. The van der Waals surface area contributed by atoms with Gasteiger partial charge in [-0.05, 0) is 75.1 Å². The van der Waals surface area contributed by atoms with Crippen molar-refractivity contribution in [1.29, 1.82) is 0 Å². The predicted octanol–water partition coefficient (Wildman–Crippen LogP) is 5.02. The smallest absolute Gasteiger partial charge is 0.225 e. The number of piperidine rings is 1. The summed E-state index contributed by atoms with van der Waals surface area (Å²) in [6.07, 6.45) is 5.51. The molecule has 2 saturated heterocycles. The van der Waals surface area contributed by atoms with Crippen molar-refractivity contribution in [2.24, 2.45) is 11.8 Å². The fourth-order valence-electron chi connectivity index (χ4n) is 4.92. The number of nitrogens with one attached hydrogen (secondary N) is 2. The second-order valence-corrected chi connectivity index (χ2v) is 13.2. The molecule has 0 spiro atoms. The van der Waals surface area contributed by atoms with Gasteiger partial charge in [-0.2, -0.15) is 0 Å². The van der Waals surface area contributed by atoms with E-state index in [2.05, 4.69) is 21.7 Å². The van der Waals surface area contributed by atoms with E-state index in [1.807, 2.05) is 18.2 Å². The van der Waals surface area contributed by atoms with Crippen molar-refractivity contribution in [3.63, 3.8) is 0 Å². The SMILES string of the molecule is CC(C)S(=O)(=O)N1CCCC(CC(=O)Nc2cc(-c3cccc(NCC4CCOCC4)c3)c(Cl)cn2)C1. The van der Waals surface area contributed by atoms with Crippen LogP contribution in [0, 0.1) is 11.8 Å². The molecule has 0 aliphatic carbocycles. The number of anilines is 2. The number of carbonyl (C=O) groups excluding carboxylic acids is 1. The van der Waals surface area contributed by atoms with E-state index in [0.29, 0.717) is 29.8 Å². The summed E-state index contributed by atoms with van der Waals surface area (Å²) in [5.41, 5.74) is 2.73. The lowest BCUT2D eigenvalue weighted by Crippen LogP contribution is -2.43. The Morgan fingerprint density at radius 2 is 1.97 bits per heavy atom. The minimum atomic E-state index is -3.32. The quantitative estimate of drug-likeness (QED) is 0.456. The Morgan fingerprint density at radius 1 is 1.19 bits per heavy atom. The van der Waals surface area contributed by atoms with Crippen molar-refractivity contribution >= 4 is 39.0 Å². The van der Waals surface area contributed by atoms with Crippen LogP contribution in [0.1, 0.15) is 46.0 Å². The molecule has 8 nitrogen and oxygen atoms in total. The van der Waals surface area contributed by atoms with E-state index in [1.165, 1.54) is 4.31 Å². The summed E-state index contributed by atoms with van der Waals surface area (Å²) in [5.74, 6) is 0.826. The van der Waals surface area contributed by atoms with E-state index in [1.54, 1.807) is 26.1 Å². The van der Waals surface area contributed by atoms with E-state index < -0.39 is 15.3 Å². The van der Waals surface area contributed by atoms with E-state index in [-0.39, 0.29) is 18.2 Å². The largest absolute Gasteiger partial charge is 0.385 e. The van der Waals surface area contributed by atoms with Gasteiger partial charge in [-0.15, -0.1) is 0 Å². The first-order valence-electron chi connectivity index (χ1n) is 13.1. The van der Waals surface area contributed by atoms with Crippen LogP contribution in [0.2, 0.25) is 5.02 Å². The molecule has 1 aromatic heterocycles. The first-order chi connectivity index (χ1) is 17.7. The highest BCUT2D eigenvalue weighted by Crippen LogP contribution is 2.31. The molecule has 0 bridgehead atoms. The van der Waals surface area contributed by atoms with Crippen LogP contribution in [0.4, 0.5) is 11.5 Å². The molecule has 10 heteroatoms. The van der Waals surface area contributed by atoms with Crippen molar-refractivity contribution in [3.8, 4) is 11.1 Å². The van der Waals surface area contributed by atoms with Crippen molar-refractivity contribution in [2.45, 2.75) is 51.2 Å². The second kappa shape index (κ2) is 12.6. The van der Waals surface area contributed by atoms with Gasteiger partial charge in [0.05, 0.1) is 10.3 Å². The fourth-order valence-corrected chi connectivity index (χ4v) is 6.53. The number of halogens is 1. The zero-order valence-electron chi connectivity index (χ0n) is 21.6. The number of amides is 1. The topological polar surface area (TPSA) is 101 Å². The Kier molecular flexibility index (Phi) is 9.45. The number of pyridine rings is 1. The second-order valence-electron chi connectivity index (χ2n) is 10.3. The van der Waals surface area contributed by atoms with E-state index >= 15 is 0 Å². The average Bonchev–Trinajstić information content (AvgIpc) is 2.89. The molecule has 1 amide bonds. The minimum absolute atomic E-state index is 0.0208. The van der Waals surface area contributed by atoms with Gasteiger partial charge in [0.2, 0.25) is 15.9 Å². The van der Waals surface area contributed by atoms with Crippen LogP contribution in [0.15, 0.2) is 36.5 Å². The Hall–Kier alpha value is -2.20. The number of nitrogens with zero attached hydrogens (tertiary/aromatic N) is 2. The monoisotopic (exact) mass is 548 g/mol. The summed E-state index contributed by atoms with van der Waals surface area (Å²) in [5, 5.41) is 6.44. The van der Waals surface area contributed by atoms with Crippen LogP contribution in [0.5, 0.6) is 0 Å². The van der Waals surface area contributed by atoms with Crippen LogP contribution < -0.4 is 10.6 Å².